The molecule has 1 aliphatic rings. The molecule has 0 spiro atoms. The zero-order valence-electron chi connectivity index (χ0n) is 7.59. The summed E-state index contributed by atoms with van der Waals surface area (Å²) in [6, 6.07) is 7.51. The van der Waals surface area contributed by atoms with Crippen molar-refractivity contribution in [3.8, 4) is 0 Å². The summed E-state index contributed by atoms with van der Waals surface area (Å²) in [5.41, 5.74) is 1.86. The SMILES string of the molecule is C=C1NC(=O)CC1c1ccc(Cl)cc1. The molecule has 0 radical (unpaired) electrons. The average molecular weight is 208 g/mol. The Morgan fingerprint density at radius 2 is 2.00 bits per heavy atom. The van der Waals surface area contributed by atoms with Crippen molar-refractivity contribution in [1.82, 2.24) is 5.32 Å². The van der Waals surface area contributed by atoms with Gasteiger partial charge in [0, 0.05) is 23.1 Å². The van der Waals surface area contributed by atoms with Gasteiger partial charge in [0.05, 0.1) is 0 Å². The summed E-state index contributed by atoms with van der Waals surface area (Å²) in [6.07, 6.45) is 0.487. The van der Waals surface area contributed by atoms with Gasteiger partial charge in [-0.3, -0.25) is 4.79 Å². The average Bonchev–Trinajstić information content (AvgIpc) is 2.47. The van der Waals surface area contributed by atoms with Crippen LogP contribution in [0.1, 0.15) is 17.9 Å². The maximum absolute atomic E-state index is 11.1. The number of hydrogen-bond donors (Lipinski definition) is 1. The number of hydrogen-bond acceptors (Lipinski definition) is 1. The molecule has 72 valence electrons. The largest absolute Gasteiger partial charge is 0.330 e. The van der Waals surface area contributed by atoms with Crippen LogP contribution in [0.5, 0.6) is 0 Å². The highest BCUT2D eigenvalue weighted by Gasteiger charge is 2.26. The molecule has 1 unspecified atom stereocenters. The topological polar surface area (TPSA) is 29.1 Å². The van der Waals surface area contributed by atoms with Crippen molar-refractivity contribution in [2.24, 2.45) is 0 Å². The zero-order valence-corrected chi connectivity index (χ0v) is 8.34. The first-order chi connectivity index (χ1) is 6.66. The van der Waals surface area contributed by atoms with Crippen LogP contribution in [0.25, 0.3) is 0 Å². The van der Waals surface area contributed by atoms with E-state index in [9.17, 15) is 4.79 Å². The van der Waals surface area contributed by atoms with Gasteiger partial charge in [0.1, 0.15) is 0 Å². The molecule has 0 bridgehead atoms. The molecule has 0 aliphatic carbocycles. The first-order valence-electron chi connectivity index (χ1n) is 4.41. The summed E-state index contributed by atoms with van der Waals surface area (Å²) in [4.78, 5) is 11.1. The van der Waals surface area contributed by atoms with Crippen molar-refractivity contribution in [1.29, 1.82) is 0 Å². The first kappa shape index (κ1) is 9.28. The van der Waals surface area contributed by atoms with Crippen molar-refractivity contribution in [3.63, 3.8) is 0 Å². The van der Waals surface area contributed by atoms with Gasteiger partial charge in [0.2, 0.25) is 5.91 Å². The third-order valence-electron chi connectivity index (χ3n) is 2.38. The van der Waals surface area contributed by atoms with E-state index in [1.807, 2.05) is 24.3 Å². The predicted molar refractivity (Wildman–Crippen MR) is 56.1 cm³/mol. The van der Waals surface area contributed by atoms with Crippen molar-refractivity contribution < 1.29 is 4.79 Å². The molecule has 0 saturated carbocycles. The first-order valence-corrected chi connectivity index (χ1v) is 4.79. The lowest BCUT2D eigenvalue weighted by atomic mass is 9.96. The summed E-state index contributed by atoms with van der Waals surface area (Å²) >= 11 is 5.78. The minimum atomic E-state index is 0.0370. The predicted octanol–water partition coefficient (Wildman–Crippen LogP) is 2.46. The van der Waals surface area contributed by atoms with E-state index in [0.717, 1.165) is 11.3 Å². The van der Waals surface area contributed by atoms with E-state index >= 15 is 0 Å². The van der Waals surface area contributed by atoms with E-state index in [-0.39, 0.29) is 11.8 Å². The Kier molecular flexibility index (Phi) is 2.30. The zero-order chi connectivity index (χ0) is 10.1. The maximum Gasteiger partial charge on any atom is 0.225 e. The van der Waals surface area contributed by atoms with Gasteiger partial charge >= 0.3 is 0 Å². The van der Waals surface area contributed by atoms with E-state index in [0.29, 0.717) is 11.4 Å². The van der Waals surface area contributed by atoms with Crippen molar-refractivity contribution in [3.05, 3.63) is 47.1 Å². The number of benzene rings is 1. The van der Waals surface area contributed by atoms with Crippen LogP contribution in [0.15, 0.2) is 36.5 Å². The standard InChI is InChI=1S/C11H10ClNO/c1-7-10(6-11(14)13-7)8-2-4-9(12)5-3-8/h2-5,10H,1,6H2,(H,13,14). The highest BCUT2D eigenvalue weighted by atomic mass is 35.5. The van der Waals surface area contributed by atoms with Crippen LogP contribution in [0.4, 0.5) is 0 Å². The lowest BCUT2D eigenvalue weighted by Gasteiger charge is -2.09. The second-order valence-corrected chi connectivity index (χ2v) is 3.82. The quantitative estimate of drug-likeness (QED) is 0.753. The molecule has 1 N–H and O–H groups in total. The van der Waals surface area contributed by atoms with E-state index in [4.69, 9.17) is 11.6 Å². The van der Waals surface area contributed by atoms with Gasteiger partial charge in [-0.25, -0.2) is 0 Å². The number of carbonyl (C=O) groups excluding carboxylic acids is 1. The van der Waals surface area contributed by atoms with Gasteiger partial charge < -0.3 is 5.32 Å². The lowest BCUT2D eigenvalue weighted by molar-refractivity contribution is -0.118. The molecule has 2 rings (SSSR count). The van der Waals surface area contributed by atoms with Crippen molar-refractivity contribution >= 4 is 17.5 Å². The molecule has 0 aromatic heterocycles. The maximum atomic E-state index is 11.1. The van der Waals surface area contributed by atoms with Gasteiger partial charge in [-0.2, -0.15) is 0 Å². The Morgan fingerprint density at radius 1 is 1.36 bits per heavy atom. The van der Waals surface area contributed by atoms with E-state index < -0.39 is 0 Å². The Balaban J connectivity index is 2.27. The summed E-state index contributed by atoms with van der Waals surface area (Å²) in [6.45, 7) is 3.82. The number of halogens is 1. The Bertz CT molecular complexity index is 383. The number of allylic oxidation sites excluding steroid dienone is 1. The number of rotatable bonds is 1. The van der Waals surface area contributed by atoms with Gasteiger partial charge in [0.25, 0.3) is 0 Å². The Labute approximate surface area is 87.6 Å². The summed E-state index contributed by atoms with van der Waals surface area (Å²) < 4.78 is 0. The molecular weight excluding hydrogens is 198 g/mol. The van der Waals surface area contributed by atoms with Crippen molar-refractivity contribution in [2.45, 2.75) is 12.3 Å². The third kappa shape index (κ3) is 1.66. The highest BCUT2D eigenvalue weighted by molar-refractivity contribution is 6.30. The van der Waals surface area contributed by atoms with Gasteiger partial charge in [0.15, 0.2) is 0 Å². The second-order valence-electron chi connectivity index (χ2n) is 3.38. The normalized spacial score (nSPS) is 21.1. The summed E-state index contributed by atoms with van der Waals surface area (Å²) in [5, 5.41) is 3.42. The number of amides is 1. The summed E-state index contributed by atoms with van der Waals surface area (Å²) in [7, 11) is 0. The van der Waals surface area contributed by atoms with Gasteiger partial charge in [-0.15, -0.1) is 0 Å². The van der Waals surface area contributed by atoms with Crippen molar-refractivity contribution in [2.75, 3.05) is 0 Å². The molecule has 1 heterocycles. The van der Waals surface area contributed by atoms with Crippen LogP contribution in [0.3, 0.4) is 0 Å². The van der Waals surface area contributed by atoms with E-state index in [1.165, 1.54) is 0 Å². The second kappa shape index (κ2) is 3.46. The van der Waals surface area contributed by atoms with Crippen LogP contribution in [0.2, 0.25) is 5.02 Å². The van der Waals surface area contributed by atoms with E-state index in [2.05, 4.69) is 11.9 Å². The fourth-order valence-corrected chi connectivity index (χ4v) is 1.77. The minimum Gasteiger partial charge on any atom is -0.330 e. The van der Waals surface area contributed by atoms with Crippen LogP contribution in [0, 0.1) is 0 Å². The fraction of sp³-hybridized carbons (Fsp3) is 0.182. The molecule has 1 atom stereocenters. The summed E-state index contributed by atoms with van der Waals surface area (Å²) in [5.74, 6) is 0.134. The fourth-order valence-electron chi connectivity index (χ4n) is 1.64. The van der Waals surface area contributed by atoms with Crippen LogP contribution in [-0.4, -0.2) is 5.91 Å². The molecule has 2 nitrogen and oxygen atoms in total. The molecule has 1 fully saturated rings. The van der Waals surface area contributed by atoms with Crippen LogP contribution >= 0.6 is 11.6 Å². The molecular formula is C11H10ClNO. The van der Waals surface area contributed by atoms with E-state index in [1.54, 1.807) is 0 Å². The Morgan fingerprint density at radius 3 is 2.50 bits per heavy atom. The number of carbonyl (C=O) groups is 1. The Hall–Kier alpha value is -1.28. The molecule has 3 heteroatoms. The van der Waals surface area contributed by atoms with Crippen LogP contribution < -0.4 is 5.32 Å². The molecule has 1 aromatic rings. The molecule has 1 saturated heterocycles. The third-order valence-corrected chi connectivity index (χ3v) is 2.63. The van der Waals surface area contributed by atoms with Gasteiger partial charge in [-0.05, 0) is 17.7 Å². The van der Waals surface area contributed by atoms with Gasteiger partial charge in [-0.1, -0.05) is 30.3 Å². The smallest absolute Gasteiger partial charge is 0.225 e. The molecule has 1 aromatic carbocycles. The van der Waals surface area contributed by atoms with Crippen LogP contribution in [-0.2, 0) is 4.79 Å². The number of nitrogens with one attached hydrogen (secondary N) is 1. The monoisotopic (exact) mass is 207 g/mol. The lowest BCUT2D eigenvalue weighted by Crippen LogP contribution is -2.11. The molecule has 1 amide bonds. The molecule has 1 aliphatic heterocycles. The minimum absolute atomic E-state index is 0.0370. The highest BCUT2D eigenvalue weighted by Crippen LogP contribution is 2.30. The molecule has 14 heavy (non-hydrogen) atoms.